The van der Waals surface area contributed by atoms with E-state index in [9.17, 15) is 4.79 Å². The van der Waals surface area contributed by atoms with Crippen LogP contribution >= 0.6 is 11.3 Å². The number of H-pyrrole nitrogens is 2. The van der Waals surface area contributed by atoms with E-state index in [0.717, 1.165) is 34.8 Å². The van der Waals surface area contributed by atoms with Gasteiger partial charge >= 0.3 is 0 Å². The van der Waals surface area contributed by atoms with Crippen LogP contribution in [0.4, 0.5) is 5.82 Å². The molecule has 0 unspecified atom stereocenters. The summed E-state index contributed by atoms with van der Waals surface area (Å²) in [6, 6.07) is 5.93. The predicted octanol–water partition coefficient (Wildman–Crippen LogP) is 2.07. The van der Waals surface area contributed by atoms with Gasteiger partial charge in [0.25, 0.3) is 5.91 Å². The summed E-state index contributed by atoms with van der Waals surface area (Å²) in [5.74, 6) is 0.253. The van der Waals surface area contributed by atoms with Crippen LogP contribution in [0, 0.1) is 6.92 Å². The first-order chi connectivity index (χ1) is 11.2. The Hall–Kier alpha value is -2.45. The zero-order chi connectivity index (χ0) is 15.8. The molecule has 3 aromatic rings. The number of fused-ring (bicyclic) bond motifs is 1. The number of aryl methyl sites for hydroxylation is 1. The van der Waals surface area contributed by atoms with Crippen molar-refractivity contribution >= 4 is 23.1 Å². The van der Waals surface area contributed by atoms with Crippen LogP contribution in [-0.2, 0) is 13.0 Å². The smallest absolute Gasteiger partial charge is 0.277 e. The minimum absolute atomic E-state index is 0.244. The summed E-state index contributed by atoms with van der Waals surface area (Å²) in [5.41, 5.74) is 3.30. The minimum Gasteiger partial charge on any atom is -0.312 e. The van der Waals surface area contributed by atoms with E-state index in [4.69, 9.17) is 0 Å². The van der Waals surface area contributed by atoms with E-state index in [0.29, 0.717) is 18.1 Å². The molecule has 0 spiro atoms. The summed E-state index contributed by atoms with van der Waals surface area (Å²) in [6.45, 7) is 3.62. The largest absolute Gasteiger partial charge is 0.312 e. The third kappa shape index (κ3) is 2.66. The third-order valence-corrected chi connectivity index (χ3v) is 4.88. The van der Waals surface area contributed by atoms with Gasteiger partial charge in [-0.3, -0.25) is 15.0 Å². The van der Waals surface area contributed by atoms with Crippen molar-refractivity contribution in [3.63, 3.8) is 0 Å². The van der Waals surface area contributed by atoms with Gasteiger partial charge < -0.3 is 10.6 Å². The SMILES string of the molecule is Cc1ccc(-c2cc(NC(=O)c3n[nH]c4c3CNCC4)n[nH]2)s1. The first kappa shape index (κ1) is 14.2. The number of aromatic amines is 2. The normalized spacial score (nSPS) is 13.8. The number of nitrogens with zero attached hydrogens (tertiary/aromatic N) is 2. The van der Waals surface area contributed by atoms with Crippen LogP contribution in [0.15, 0.2) is 18.2 Å². The summed E-state index contributed by atoms with van der Waals surface area (Å²) < 4.78 is 0. The monoisotopic (exact) mass is 328 g/mol. The molecule has 8 heteroatoms. The van der Waals surface area contributed by atoms with Crippen LogP contribution in [0.25, 0.3) is 10.6 Å². The highest BCUT2D eigenvalue weighted by Crippen LogP contribution is 2.27. The number of anilines is 1. The average Bonchev–Trinajstić information content (AvgIpc) is 3.25. The minimum atomic E-state index is -0.244. The summed E-state index contributed by atoms with van der Waals surface area (Å²) >= 11 is 1.68. The van der Waals surface area contributed by atoms with Crippen molar-refractivity contribution in [3.8, 4) is 10.6 Å². The molecule has 1 aliphatic heterocycles. The van der Waals surface area contributed by atoms with Gasteiger partial charge in [0.05, 0.1) is 10.6 Å². The van der Waals surface area contributed by atoms with Crippen molar-refractivity contribution in [1.29, 1.82) is 0 Å². The third-order valence-electron chi connectivity index (χ3n) is 3.85. The lowest BCUT2D eigenvalue weighted by atomic mass is 10.1. The maximum absolute atomic E-state index is 12.4. The van der Waals surface area contributed by atoms with Gasteiger partial charge in [0.1, 0.15) is 0 Å². The quantitative estimate of drug-likeness (QED) is 0.591. The van der Waals surface area contributed by atoms with E-state index in [1.807, 2.05) is 12.1 Å². The molecule has 1 aliphatic rings. The Morgan fingerprint density at radius 2 is 2.22 bits per heavy atom. The van der Waals surface area contributed by atoms with Gasteiger partial charge in [-0.15, -0.1) is 11.3 Å². The van der Waals surface area contributed by atoms with Crippen LogP contribution < -0.4 is 10.6 Å². The van der Waals surface area contributed by atoms with Crippen molar-refractivity contribution in [2.45, 2.75) is 19.9 Å². The fourth-order valence-electron chi connectivity index (χ4n) is 2.68. The molecule has 23 heavy (non-hydrogen) atoms. The maximum atomic E-state index is 12.4. The highest BCUT2D eigenvalue weighted by molar-refractivity contribution is 7.15. The molecular weight excluding hydrogens is 312 g/mol. The molecule has 4 heterocycles. The van der Waals surface area contributed by atoms with Gasteiger partial charge in [-0.1, -0.05) is 0 Å². The summed E-state index contributed by atoms with van der Waals surface area (Å²) in [4.78, 5) is 14.8. The average molecular weight is 328 g/mol. The molecule has 0 radical (unpaired) electrons. The fourth-order valence-corrected chi connectivity index (χ4v) is 3.51. The van der Waals surface area contributed by atoms with Gasteiger partial charge in [0.2, 0.25) is 0 Å². The number of thiophene rings is 1. The predicted molar refractivity (Wildman–Crippen MR) is 88.6 cm³/mol. The Morgan fingerprint density at radius 3 is 3.04 bits per heavy atom. The lowest BCUT2D eigenvalue weighted by Crippen LogP contribution is -2.25. The molecule has 0 saturated heterocycles. The first-order valence-corrected chi connectivity index (χ1v) is 8.23. The first-order valence-electron chi connectivity index (χ1n) is 7.41. The number of nitrogens with one attached hydrogen (secondary N) is 4. The number of hydrogen-bond donors (Lipinski definition) is 4. The maximum Gasteiger partial charge on any atom is 0.277 e. The number of amides is 1. The fraction of sp³-hybridized carbons (Fsp3) is 0.267. The van der Waals surface area contributed by atoms with Gasteiger partial charge in [0.15, 0.2) is 11.5 Å². The zero-order valence-electron chi connectivity index (χ0n) is 12.6. The molecule has 0 aromatic carbocycles. The Morgan fingerprint density at radius 1 is 1.30 bits per heavy atom. The van der Waals surface area contributed by atoms with Crippen LogP contribution in [0.5, 0.6) is 0 Å². The van der Waals surface area contributed by atoms with E-state index < -0.39 is 0 Å². The van der Waals surface area contributed by atoms with Gasteiger partial charge in [-0.25, -0.2) is 0 Å². The molecule has 1 amide bonds. The van der Waals surface area contributed by atoms with Gasteiger partial charge in [-0.2, -0.15) is 10.2 Å². The number of carbonyl (C=O) groups excluding carboxylic acids is 1. The Balaban J connectivity index is 1.53. The van der Waals surface area contributed by atoms with E-state index in [-0.39, 0.29) is 5.91 Å². The van der Waals surface area contributed by atoms with E-state index >= 15 is 0 Å². The Labute approximate surface area is 136 Å². The van der Waals surface area contributed by atoms with Crippen molar-refractivity contribution < 1.29 is 4.79 Å². The number of rotatable bonds is 3. The standard InChI is InChI=1S/C15H16N6OS/c1-8-2-3-12(23-8)11-6-13(20-19-11)17-15(22)14-9-7-16-5-4-10(9)18-21-14/h2-3,6,16H,4-5,7H2,1H3,(H,18,21)(H2,17,19,20,22). The second-order valence-electron chi connectivity index (χ2n) is 5.49. The highest BCUT2D eigenvalue weighted by Gasteiger charge is 2.22. The number of carbonyl (C=O) groups is 1. The molecule has 4 N–H and O–H groups in total. The van der Waals surface area contributed by atoms with Crippen molar-refractivity contribution in [3.05, 3.63) is 40.0 Å². The molecule has 0 aliphatic carbocycles. The molecule has 0 bridgehead atoms. The van der Waals surface area contributed by atoms with Crippen LogP contribution in [-0.4, -0.2) is 32.8 Å². The molecule has 0 saturated carbocycles. The second kappa shape index (κ2) is 5.64. The van der Waals surface area contributed by atoms with Gasteiger partial charge in [0, 0.05) is 41.7 Å². The second-order valence-corrected chi connectivity index (χ2v) is 6.78. The van der Waals surface area contributed by atoms with Crippen molar-refractivity contribution in [2.24, 2.45) is 0 Å². The van der Waals surface area contributed by atoms with Crippen LogP contribution in [0.1, 0.15) is 26.6 Å². The Bertz CT molecular complexity index is 861. The topological polar surface area (TPSA) is 98.5 Å². The molecule has 4 rings (SSSR count). The highest BCUT2D eigenvalue weighted by atomic mass is 32.1. The molecule has 0 fully saturated rings. The van der Waals surface area contributed by atoms with Crippen LogP contribution in [0.3, 0.4) is 0 Å². The molecule has 0 atom stereocenters. The van der Waals surface area contributed by atoms with Gasteiger partial charge in [-0.05, 0) is 19.1 Å². The molecule has 3 aromatic heterocycles. The van der Waals surface area contributed by atoms with Crippen LogP contribution in [0.2, 0.25) is 0 Å². The van der Waals surface area contributed by atoms with Crippen molar-refractivity contribution in [2.75, 3.05) is 11.9 Å². The lowest BCUT2D eigenvalue weighted by molar-refractivity contribution is 0.102. The summed E-state index contributed by atoms with van der Waals surface area (Å²) in [5, 5.41) is 20.3. The number of hydrogen-bond acceptors (Lipinski definition) is 5. The summed E-state index contributed by atoms with van der Waals surface area (Å²) in [6.07, 6.45) is 0.861. The Kier molecular flexibility index (Phi) is 3.47. The van der Waals surface area contributed by atoms with E-state index in [2.05, 4.69) is 44.0 Å². The van der Waals surface area contributed by atoms with E-state index in [1.54, 1.807) is 11.3 Å². The van der Waals surface area contributed by atoms with E-state index in [1.165, 1.54) is 4.88 Å². The molecule has 7 nitrogen and oxygen atoms in total. The van der Waals surface area contributed by atoms with Crippen molar-refractivity contribution in [1.82, 2.24) is 25.7 Å². The lowest BCUT2D eigenvalue weighted by Gasteiger charge is -2.12. The number of aromatic nitrogens is 4. The zero-order valence-corrected chi connectivity index (χ0v) is 13.4. The summed E-state index contributed by atoms with van der Waals surface area (Å²) in [7, 11) is 0. The molecular formula is C15H16N6OS. The molecule has 118 valence electrons.